The van der Waals surface area contributed by atoms with E-state index in [4.69, 9.17) is 5.73 Å². The van der Waals surface area contributed by atoms with Crippen LogP contribution in [0.4, 0.5) is 0 Å². The zero-order chi connectivity index (χ0) is 8.48. The number of nitrogens with zero attached hydrogens (tertiary/aromatic N) is 1. The molecule has 0 amide bonds. The lowest BCUT2D eigenvalue weighted by Crippen LogP contribution is -2.29. The van der Waals surface area contributed by atoms with E-state index in [2.05, 4.69) is 14.7 Å². The molecular formula is C6H11N3O2. The normalized spacial score (nSPS) is 11.9. The van der Waals surface area contributed by atoms with E-state index in [9.17, 15) is 4.79 Å². The van der Waals surface area contributed by atoms with E-state index in [0.717, 1.165) is 0 Å². The first kappa shape index (κ1) is 8.00. The first-order valence-corrected chi connectivity index (χ1v) is 3.33. The lowest BCUT2D eigenvalue weighted by Gasteiger charge is -2.16. The second kappa shape index (κ2) is 2.50. The SMILES string of the molecule is CC(C)(CN)c1noc(=O)[nH]1. The zero-order valence-electron chi connectivity index (χ0n) is 6.55. The highest BCUT2D eigenvalue weighted by Gasteiger charge is 2.23. The minimum Gasteiger partial charge on any atom is -0.329 e. The van der Waals surface area contributed by atoms with Crippen molar-refractivity contribution in [3.8, 4) is 0 Å². The predicted molar refractivity (Wildman–Crippen MR) is 39.2 cm³/mol. The number of nitrogens with one attached hydrogen (secondary N) is 1. The summed E-state index contributed by atoms with van der Waals surface area (Å²) in [6.45, 7) is 4.16. The Bertz CT molecular complexity index is 286. The summed E-state index contributed by atoms with van der Waals surface area (Å²) in [5, 5.41) is 3.54. The van der Waals surface area contributed by atoms with E-state index in [1.54, 1.807) is 0 Å². The number of aromatic nitrogens is 2. The molecule has 1 aromatic rings. The molecule has 1 heterocycles. The van der Waals surface area contributed by atoms with Crippen LogP contribution >= 0.6 is 0 Å². The van der Waals surface area contributed by atoms with Crippen LogP contribution < -0.4 is 11.5 Å². The lowest BCUT2D eigenvalue weighted by molar-refractivity contribution is 0.366. The van der Waals surface area contributed by atoms with Gasteiger partial charge in [-0.3, -0.25) is 9.51 Å². The molecule has 1 aromatic heterocycles. The van der Waals surface area contributed by atoms with Gasteiger partial charge in [-0.2, -0.15) is 0 Å². The molecule has 62 valence electrons. The van der Waals surface area contributed by atoms with E-state index in [1.165, 1.54) is 0 Å². The third kappa shape index (κ3) is 1.48. The van der Waals surface area contributed by atoms with Gasteiger partial charge >= 0.3 is 5.76 Å². The zero-order valence-corrected chi connectivity index (χ0v) is 6.55. The average molecular weight is 157 g/mol. The van der Waals surface area contributed by atoms with E-state index in [-0.39, 0.29) is 5.41 Å². The fourth-order valence-electron chi connectivity index (χ4n) is 0.619. The third-order valence-corrected chi connectivity index (χ3v) is 1.59. The Morgan fingerprint density at radius 1 is 1.73 bits per heavy atom. The van der Waals surface area contributed by atoms with E-state index in [1.807, 2.05) is 13.8 Å². The van der Waals surface area contributed by atoms with Crippen molar-refractivity contribution in [2.45, 2.75) is 19.3 Å². The van der Waals surface area contributed by atoms with Gasteiger partial charge in [0.15, 0.2) is 5.82 Å². The molecule has 0 fully saturated rings. The Balaban J connectivity index is 3.01. The van der Waals surface area contributed by atoms with Crippen LogP contribution in [0.3, 0.4) is 0 Å². The standard InChI is InChI=1S/C6H11N3O2/c1-6(2,3-7)4-8-5(10)11-9-4/h3,7H2,1-2H3,(H,8,9,10). The van der Waals surface area contributed by atoms with Crippen molar-refractivity contribution in [3.63, 3.8) is 0 Å². The maximum Gasteiger partial charge on any atom is 0.438 e. The molecule has 11 heavy (non-hydrogen) atoms. The van der Waals surface area contributed by atoms with Gasteiger partial charge in [0.2, 0.25) is 0 Å². The molecule has 0 atom stereocenters. The summed E-state index contributed by atoms with van der Waals surface area (Å²) >= 11 is 0. The quantitative estimate of drug-likeness (QED) is 0.611. The van der Waals surface area contributed by atoms with Gasteiger partial charge in [0.1, 0.15) is 0 Å². The van der Waals surface area contributed by atoms with Gasteiger partial charge in [-0.05, 0) is 0 Å². The average Bonchev–Trinajstić information content (AvgIpc) is 2.36. The van der Waals surface area contributed by atoms with Crippen molar-refractivity contribution in [2.75, 3.05) is 6.54 Å². The van der Waals surface area contributed by atoms with Crippen LogP contribution in [-0.4, -0.2) is 16.7 Å². The van der Waals surface area contributed by atoms with Gasteiger partial charge in [-0.25, -0.2) is 4.79 Å². The summed E-state index contributed by atoms with van der Waals surface area (Å²) in [5.41, 5.74) is 5.12. The number of hydrogen-bond donors (Lipinski definition) is 2. The lowest BCUT2D eigenvalue weighted by atomic mass is 9.93. The molecular weight excluding hydrogens is 146 g/mol. The van der Waals surface area contributed by atoms with Gasteiger partial charge in [0, 0.05) is 12.0 Å². The maximum atomic E-state index is 10.5. The Hall–Kier alpha value is -1.10. The highest BCUT2D eigenvalue weighted by atomic mass is 16.5. The Morgan fingerprint density at radius 3 is 2.73 bits per heavy atom. The molecule has 0 unspecified atom stereocenters. The summed E-state index contributed by atoms with van der Waals surface area (Å²) in [6.07, 6.45) is 0. The number of hydrogen-bond acceptors (Lipinski definition) is 4. The third-order valence-electron chi connectivity index (χ3n) is 1.59. The molecule has 0 bridgehead atoms. The summed E-state index contributed by atoms with van der Waals surface area (Å²) < 4.78 is 4.34. The molecule has 5 heteroatoms. The van der Waals surface area contributed by atoms with Gasteiger partial charge < -0.3 is 5.73 Å². The molecule has 3 N–H and O–H groups in total. The number of nitrogens with two attached hydrogens (primary N) is 1. The Labute approximate surface area is 63.6 Å². The fraction of sp³-hybridized carbons (Fsp3) is 0.667. The van der Waals surface area contributed by atoms with Crippen LogP contribution in [0.15, 0.2) is 9.32 Å². The number of rotatable bonds is 2. The first-order valence-electron chi connectivity index (χ1n) is 3.33. The second-order valence-corrected chi connectivity index (χ2v) is 3.03. The molecule has 1 rings (SSSR count). The van der Waals surface area contributed by atoms with E-state index < -0.39 is 5.76 Å². The minimum absolute atomic E-state index is 0.327. The highest BCUT2D eigenvalue weighted by Crippen LogP contribution is 2.15. The first-order chi connectivity index (χ1) is 5.06. The summed E-state index contributed by atoms with van der Waals surface area (Å²) in [5.74, 6) is -0.0495. The molecule has 0 aliphatic carbocycles. The van der Waals surface area contributed by atoms with Crippen molar-refractivity contribution in [1.82, 2.24) is 10.1 Å². The molecule has 0 aliphatic heterocycles. The smallest absolute Gasteiger partial charge is 0.329 e. The van der Waals surface area contributed by atoms with Gasteiger partial charge in [-0.15, -0.1) is 0 Å². The van der Waals surface area contributed by atoms with Crippen LogP contribution in [0.25, 0.3) is 0 Å². The monoisotopic (exact) mass is 157 g/mol. The molecule has 0 aromatic carbocycles. The predicted octanol–water partition coefficient (Wildman–Crippen LogP) is -0.401. The Kier molecular flexibility index (Phi) is 1.82. The summed E-state index contributed by atoms with van der Waals surface area (Å²) in [6, 6.07) is 0. The van der Waals surface area contributed by atoms with E-state index in [0.29, 0.717) is 12.4 Å². The van der Waals surface area contributed by atoms with Crippen LogP contribution in [-0.2, 0) is 5.41 Å². The van der Waals surface area contributed by atoms with Gasteiger partial charge in [0.25, 0.3) is 0 Å². The molecule has 0 spiro atoms. The van der Waals surface area contributed by atoms with Gasteiger partial charge in [0.05, 0.1) is 0 Å². The summed E-state index contributed by atoms with van der Waals surface area (Å²) in [4.78, 5) is 13.0. The van der Waals surface area contributed by atoms with Crippen molar-refractivity contribution < 1.29 is 4.52 Å². The molecule has 0 saturated heterocycles. The second-order valence-electron chi connectivity index (χ2n) is 3.03. The van der Waals surface area contributed by atoms with Crippen molar-refractivity contribution in [3.05, 3.63) is 16.4 Å². The van der Waals surface area contributed by atoms with Gasteiger partial charge in [-0.1, -0.05) is 19.0 Å². The maximum absolute atomic E-state index is 10.5. The van der Waals surface area contributed by atoms with Crippen molar-refractivity contribution in [2.24, 2.45) is 5.73 Å². The van der Waals surface area contributed by atoms with Crippen LogP contribution in [0, 0.1) is 0 Å². The molecule has 0 aliphatic rings. The fourth-order valence-corrected chi connectivity index (χ4v) is 0.619. The molecule has 5 nitrogen and oxygen atoms in total. The molecule has 0 radical (unpaired) electrons. The van der Waals surface area contributed by atoms with Crippen LogP contribution in [0.2, 0.25) is 0 Å². The van der Waals surface area contributed by atoms with Crippen LogP contribution in [0.1, 0.15) is 19.7 Å². The largest absolute Gasteiger partial charge is 0.438 e. The minimum atomic E-state index is -0.540. The number of aromatic amines is 1. The van der Waals surface area contributed by atoms with Crippen molar-refractivity contribution in [1.29, 1.82) is 0 Å². The van der Waals surface area contributed by atoms with Crippen molar-refractivity contribution >= 4 is 0 Å². The topological polar surface area (TPSA) is 84.9 Å². The highest BCUT2D eigenvalue weighted by molar-refractivity contribution is 5.00. The number of H-pyrrole nitrogens is 1. The summed E-state index contributed by atoms with van der Waals surface area (Å²) in [7, 11) is 0. The van der Waals surface area contributed by atoms with Crippen LogP contribution in [0.5, 0.6) is 0 Å². The van der Waals surface area contributed by atoms with E-state index >= 15 is 0 Å². The molecule has 0 saturated carbocycles. The Morgan fingerprint density at radius 2 is 2.36 bits per heavy atom.